The van der Waals surface area contributed by atoms with E-state index in [1.807, 2.05) is 65.8 Å². The van der Waals surface area contributed by atoms with Crippen LogP contribution in [0.25, 0.3) is 0 Å². The molecule has 1 heterocycles. The first kappa shape index (κ1) is 18.0. The fraction of sp³-hybridized carbons (Fsp3) is 0.474. The summed E-state index contributed by atoms with van der Waals surface area (Å²) in [5.41, 5.74) is 3.46. The van der Waals surface area contributed by atoms with E-state index in [0.717, 1.165) is 28.3 Å². The molecule has 0 bridgehead atoms. The van der Waals surface area contributed by atoms with Crippen molar-refractivity contribution in [2.45, 2.75) is 59.6 Å². The van der Waals surface area contributed by atoms with Crippen LogP contribution in [0.1, 0.15) is 56.1 Å². The molecule has 24 heavy (non-hydrogen) atoms. The highest BCUT2D eigenvalue weighted by Gasteiger charge is 2.21. The van der Waals surface area contributed by atoms with Crippen LogP contribution >= 0.6 is 0 Å². The standard InChI is InChI=1S/C19H27N3O2/c1-12(17-13(2)21-22-14(17)3)18(23)20-11-15-9-7-8-10-16(15)24-19(4,5)6/h7-10,12H,11H2,1-6H3,(H,20,23)(H,21,22). The van der Waals surface area contributed by atoms with Crippen LogP contribution in [-0.4, -0.2) is 21.7 Å². The predicted octanol–water partition coefficient (Wildman–Crippen LogP) is 3.62. The van der Waals surface area contributed by atoms with Crippen molar-refractivity contribution in [2.75, 3.05) is 0 Å². The number of amides is 1. The van der Waals surface area contributed by atoms with Gasteiger partial charge in [0.15, 0.2) is 0 Å². The van der Waals surface area contributed by atoms with E-state index in [1.54, 1.807) is 0 Å². The summed E-state index contributed by atoms with van der Waals surface area (Å²) in [5.74, 6) is 0.529. The number of rotatable bonds is 5. The highest BCUT2D eigenvalue weighted by Crippen LogP contribution is 2.24. The third-order valence-electron chi connectivity index (χ3n) is 3.85. The molecule has 1 unspecified atom stereocenters. The Morgan fingerprint density at radius 3 is 2.54 bits per heavy atom. The molecule has 2 aromatic rings. The van der Waals surface area contributed by atoms with E-state index >= 15 is 0 Å². The number of carbonyl (C=O) groups is 1. The highest BCUT2D eigenvalue weighted by molar-refractivity contribution is 5.83. The third-order valence-corrected chi connectivity index (χ3v) is 3.85. The summed E-state index contributed by atoms with van der Waals surface area (Å²) in [6.07, 6.45) is 0. The van der Waals surface area contributed by atoms with Crippen molar-refractivity contribution in [1.29, 1.82) is 0 Å². The van der Waals surface area contributed by atoms with Gasteiger partial charge in [0.1, 0.15) is 11.4 Å². The number of nitrogens with zero attached hydrogens (tertiary/aromatic N) is 1. The highest BCUT2D eigenvalue weighted by atomic mass is 16.5. The maximum atomic E-state index is 12.5. The molecule has 0 fully saturated rings. The quantitative estimate of drug-likeness (QED) is 0.880. The van der Waals surface area contributed by atoms with Crippen LogP contribution in [0, 0.1) is 13.8 Å². The fourth-order valence-electron chi connectivity index (χ4n) is 2.74. The van der Waals surface area contributed by atoms with Gasteiger partial charge in [-0.25, -0.2) is 0 Å². The topological polar surface area (TPSA) is 67.0 Å². The number of aromatic amines is 1. The monoisotopic (exact) mass is 329 g/mol. The zero-order valence-electron chi connectivity index (χ0n) is 15.4. The van der Waals surface area contributed by atoms with E-state index in [-0.39, 0.29) is 17.4 Å². The molecule has 0 saturated carbocycles. The largest absolute Gasteiger partial charge is 0.488 e. The molecule has 2 N–H and O–H groups in total. The van der Waals surface area contributed by atoms with Crippen molar-refractivity contribution < 1.29 is 9.53 Å². The second kappa shape index (κ2) is 7.07. The molecule has 1 aromatic carbocycles. The van der Waals surface area contributed by atoms with Gasteiger partial charge in [-0.15, -0.1) is 0 Å². The van der Waals surface area contributed by atoms with Crippen LogP contribution in [0.5, 0.6) is 5.75 Å². The van der Waals surface area contributed by atoms with E-state index < -0.39 is 0 Å². The summed E-state index contributed by atoms with van der Waals surface area (Å²) in [6.45, 7) is 12.2. The number of nitrogens with one attached hydrogen (secondary N) is 2. The first-order valence-corrected chi connectivity index (χ1v) is 8.25. The average molecular weight is 329 g/mol. The van der Waals surface area contributed by atoms with Gasteiger partial charge in [-0.2, -0.15) is 5.10 Å². The van der Waals surface area contributed by atoms with Gasteiger partial charge < -0.3 is 10.1 Å². The number of aryl methyl sites for hydroxylation is 2. The van der Waals surface area contributed by atoms with Gasteiger partial charge in [-0.3, -0.25) is 9.89 Å². The Balaban J connectivity index is 2.07. The van der Waals surface area contributed by atoms with Crippen molar-refractivity contribution in [3.8, 4) is 5.75 Å². The van der Waals surface area contributed by atoms with Crippen LogP contribution in [-0.2, 0) is 11.3 Å². The summed E-state index contributed by atoms with van der Waals surface area (Å²) >= 11 is 0. The zero-order chi connectivity index (χ0) is 17.9. The normalized spacial score (nSPS) is 12.8. The molecule has 1 aromatic heterocycles. The molecule has 5 nitrogen and oxygen atoms in total. The molecule has 0 radical (unpaired) electrons. The number of H-pyrrole nitrogens is 1. The van der Waals surface area contributed by atoms with Gasteiger partial charge in [0.2, 0.25) is 5.91 Å². The lowest BCUT2D eigenvalue weighted by Crippen LogP contribution is -2.29. The van der Waals surface area contributed by atoms with Crippen molar-refractivity contribution >= 4 is 5.91 Å². The minimum Gasteiger partial charge on any atom is -0.488 e. The van der Waals surface area contributed by atoms with Gasteiger partial charge in [-0.05, 0) is 47.6 Å². The van der Waals surface area contributed by atoms with E-state index in [4.69, 9.17) is 4.74 Å². The molecule has 130 valence electrons. The number of benzene rings is 1. The van der Waals surface area contributed by atoms with Gasteiger partial charge in [0.05, 0.1) is 11.6 Å². The molecule has 0 aliphatic rings. The second-order valence-corrected chi connectivity index (χ2v) is 7.11. The third kappa shape index (κ3) is 4.37. The maximum Gasteiger partial charge on any atom is 0.227 e. The summed E-state index contributed by atoms with van der Waals surface area (Å²) in [5, 5.41) is 10.1. The summed E-state index contributed by atoms with van der Waals surface area (Å²) in [6, 6.07) is 7.79. The lowest BCUT2D eigenvalue weighted by molar-refractivity contribution is -0.122. The Morgan fingerprint density at radius 2 is 1.96 bits per heavy atom. The van der Waals surface area contributed by atoms with Crippen LogP contribution in [0.15, 0.2) is 24.3 Å². The Bertz CT molecular complexity index is 694. The number of carbonyl (C=O) groups excluding carboxylic acids is 1. The van der Waals surface area contributed by atoms with Crippen LogP contribution < -0.4 is 10.1 Å². The number of para-hydroxylation sites is 1. The van der Waals surface area contributed by atoms with Gasteiger partial charge in [0, 0.05) is 23.4 Å². The maximum absolute atomic E-state index is 12.5. The van der Waals surface area contributed by atoms with Crippen LogP contribution in [0.3, 0.4) is 0 Å². The minimum absolute atomic E-state index is 0.0202. The number of hydrogen-bond acceptors (Lipinski definition) is 3. The van der Waals surface area contributed by atoms with Gasteiger partial charge >= 0.3 is 0 Å². The second-order valence-electron chi connectivity index (χ2n) is 7.11. The molecular weight excluding hydrogens is 302 g/mol. The van der Waals surface area contributed by atoms with Crippen molar-refractivity contribution in [3.05, 3.63) is 46.8 Å². The average Bonchev–Trinajstić information content (AvgIpc) is 2.83. The molecule has 5 heteroatoms. The summed E-state index contributed by atoms with van der Waals surface area (Å²) in [4.78, 5) is 12.5. The van der Waals surface area contributed by atoms with Crippen molar-refractivity contribution in [2.24, 2.45) is 0 Å². The molecule has 2 rings (SSSR count). The predicted molar refractivity (Wildman–Crippen MR) is 95.1 cm³/mol. The lowest BCUT2D eigenvalue weighted by atomic mass is 9.98. The SMILES string of the molecule is Cc1n[nH]c(C)c1C(C)C(=O)NCc1ccccc1OC(C)(C)C. The molecule has 0 aliphatic heterocycles. The number of ether oxygens (including phenoxy) is 1. The van der Waals surface area contributed by atoms with Gasteiger partial charge in [0.25, 0.3) is 0 Å². The van der Waals surface area contributed by atoms with E-state index in [1.165, 1.54) is 0 Å². The molecular formula is C19H27N3O2. The smallest absolute Gasteiger partial charge is 0.227 e. The first-order chi connectivity index (χ1) is 11.2. The first-order valence-electron chi connectivity index (χ1n) is 8.25. The molecule has 1 atom stereocenters. The Hall–Kier alpha value is -2.30. The Kier molecular flexibility index (Phi) is 5.32. The van der Waals surface area contributed by atoms with Crippen LogP contribution in [0.2, 0.25) is 0 Å². The van der Waals surface area contributed by atoms with Gasteiger partial charge in [-0.1, -0.05) is 18.2 Å². The molecule has 0 aliphatic carbocycles. The molecule has 1 amide bonds. The van der Waals surface area contributed by atoms with E-state index in [2.05, 4.69) is 15.5 Å². The van der Waals surface area contributed by atoms with E-state index in [9.17, 15) is 4.79 Å². The number of aromatic nitrogens is 2. The van der Waals surface area contributed by atoms with Crippen molar-refractivity contribution in [3.63, 3.8) is 0 Å². The molecule has 0 spiro atoms. The zero-order valence-corrected chi connectivity index (χ0v) is 15.4. The number of hydrogen-bond donors (Lipinski definition) is 2. The lowest BCUT2D eigenvalue weighted by Gasteiger charge is -2.23. The minimum atomic E-state index is -0.279. The van der Waals surface area contributed by atoms with Crippen molar-refractivity contribution in [1.82, 2.24) is 15.5 Å². The summed E-state index contributed by atoms with van der Waals surface area (Å²) in [7, 11) is 0. The Morgan fingerprint density at radius 1 is 1.29 bits per heavy atom. The Labute approximate surface area is 143 Å². The van der Waals surface area contributed by atoms with Crippen LogP contribution in [0.4, 0.5) is 0 Å². The molecule has 0 saturated heterocycles. The van der Waals surface area contributed by atoms with E-state index in [0.29, 0.717) is 6.54 Å². The summed E-state index contributed by atoms with van der Waals surface area (Å²) < 4.78 is 5.97. The fourth-order valence-corrected chi connectivity index (χ4v) is 2.74.